The molecule has 0 aromatic heterocycles. The number of hydrogen-bond acceptors (Lipinski definition) is 4. The number of urea groups is 1. The van der Waals surface area contributed by atoms with E-state index in [-0.39, 0.29) is 12.5 Å². The van der Waals surface area contributed by atoms with Crippen molar-refractivity contribution in [2.75, 3.05) is 39.4 Å². The first-order valence-electron chi connectivity index (χ1n) is 9.65. The molecule has 2 fully saturated rings. The normalized spacial score (nSPS) is 25.1. The number of nitrogens with one attached hydrogen (secondary N) is 2. The fourth-order valence-corrected chi connectivity index (χ4v) is 3.73. The van der Waals surface area contributed by atoms with Gasteiger partial charge in [-0.05, 0) is 24.0 Å². The van der Waals surface area contributed by atoms with Crippen molar-refractivity contribution in [3.63, 3.8) is 0 Å². The molecule has 1 aromatic carbocycles. The van der Waals surface area contributed by atoms with Crippen molar-refractivity contribution in [3.8, 4) is 0 Å². The molecule has 0 unspecified atom stereocenters. The van der Waals surface area contributed by atoms with Crippen molar-refractivity contribution in [1.82, 2.24) is 10.2 Å². The highest BCUT2D eigenvalue weighted by Gasteiger charge is 2.49. The number of carbonyl (C=O) groups excluding carboxylic acids is 2. The number of rotatable bonds is 6. The molecule has 0 radical (unpaired) electrons. The van der Waals surface area contributed by atoms with E-state index in [0.717, 1.165) is 23.6 Å². The molecule has 0 bridgehead atoms. The summed E-state index contributed by atoms with van der Waals surface area (Å²) in [5, 5.41) is 13.2. The number of ether oxygens (including phenoxy) is 1. The summed E-state index contributed by atoms with van der Waals surface area (Å²) in [6.07, 6.45) is -0.751. The summed E-state index contributed by atoms with van der Waals surface area (Å²) in [7, 11) is 0. The first-order valence-corrected chi connectivity index (χ1v) is 9.65. The van der Waals surface area contributed by atoms with Gasteiger partial charge in [0.1, 0.15) is 31.3 Å². The van der Waals surface area contributed by atoms with E-state index in [9.17, 15) is 14.7 Å². The Morgan fingerprint density at radius 2 is 1.85 bits per heavy atom. The zero-order valence-corrected chi connectivity index (χ0v) is 16.3. The highest BCUT2D eigenvalue weighted by atomic mass is 16.5. The van der Waals surface area contributed by atoms with Gasteiger partial charge < -0.3 is 20.1 Å². The molecule has 27 heavy (non-hydrogen) atoms. The van der Waals surface area contributed by atoms with E-state index in [1.807, 2.05) is 24.3 Å². The van der Waals surface area contributed by atoms with Crippen molar-refractivity contribution >= 4 is 11.9 Å². The molecular formula is C20H30N3O4+. The van der Waals surface area contributed by atoms with Crippen LogP contribution >= 0.6 is 0 Å². The van der Waals surface area contributed by atoms with E-state index in [0.29, 0.717) is 25.7 Å². The van der Waals surface area contributed by atoms with Gasteiger partial charge in [0, 0.05) is 0 Å². The van der Waals surface area contributed by atoms with Crippen molar-refractivity contribution in [2.45, 2.75) is 38.3 Å². The molecule has 2 aliphatic heterocycles. The average Bonchev–Trinajstić information content (AvgIpc) is 2.86. The van der Waals surface area contributed by atoms with E-state index in [2.05, 4.69) is 19.2 Å². The molecule has 2 heterocycles. The summed E-state index contributed by atoms with van der Waals surface area (Å²) in [5.41, 5.74) is 0.832. The molecule has 0 spiro atoms. The number of quaternary nitrogens is 1. The van der Waals surface area contributed by atoms with Gasteiger partial charge in [0.15, 0.2) is 0 Å². The molecule has 2 aliphatic rings. The molecule has 1 aromatic rings. The summed E-state index contributed by atoms with van der Waals surface area (Å²) in [6.45, 7) is 9.46. The molecular weight excluding hydrogens is 346 g/mol. The van der Waals surface area contributed by atoms with Crippen LogP contribution in [0.1, 0.15) is 37.8 Å². The molecule has 3 amide bonds. The Kier molecular flexibility index (Phi) is 5.83. The first-order chi connectivity index (χ1) is 12.8. The molecule has 0 aliphatic carbocycles. The SMILES string of the molecule is CC(C)c1ccc([C@@]2(C)NC(=O)N(C[C@H](O)C[NH+]3CCOCC3)C2=O)cc1. The van der Waals surface area contributed by atoms with Gasteiger partial charge in [-0.2, -0.15) is 0 Å². The lowest BCUT2D eigenvalue weighted by atomic mass is 9.90. The molecule has 7 nitrogen and oxygen atoms in total. The smallest absolute Gasteiger partial charge is 0.325 e. The summed E-state index contributed by atoms with van der Waals surface area (Å²) in [4.78, 5) is 27.8. The number of benzene rings is 1. The van der Waals surface area contributed by atoms with Crippen LogP contribution in [0.2, 0.25) is 0 Å². The number of hydrogen-bond donors (Lipinski definition) is 3. The third kappa shape index (κ3) is 4.15. The third-order valence-electron chi connectivity index (χ3n) is 5.55. The minimum Gasteiger partial charge on any atom is -0.385 e. The quantitative estimate of drug-likeness (QED) is 0.603. The van der Waals surface area contributed by atoms with Crippen molar-refractivity contribution < 1.29 is 24.3 Å². The molecule has 3 N–H and O–H groups in total. The van der Waals surface area contributed by atoms with Gasteiger partial charge in [0.2, 0.25) is 0 Å². The highest BCUT2D eigenvalue weighted by Crippen LogP contribution is 2.30. The molecule has 2 saturated heterocycles. The maximum atomic E-state index is 13.0. The van der Waals surface area contributed by atoms with E-state index in [4.69, 9.17) is 4.74 Å². The van der Waals surface area contributed by atoms with Crippen LogP contribution in [0.3, 0.4) is 0 Å². The number of morpholine rings is 1. The lowest BCUT2D eigenvalue weighted by Gasteiger charge is -2.27. The standard InChI is InChI=1S/C20H29N3O4/c1-14(2)15-4-6-16(7-5-15)20(3)18(25)23(19(26)21-20)13-17(24)12-22-8-10-27-11-9-22/h4-7,14,17,24H,8-13H2,1-3H3,(H,21,26)/p+1/t17-,20-/m1/s1. The Hall–Kier alpha value is -1.96. The van der Waals surface area contributed by atoms with Crippen LogP contribution in [0.15, 0.2) is 24.3 Å². The first kappa shape index (κ1) is 19.8. The zero-order chi connectivity index (χ0) is 19.6. The Bertz CT molecular complexity index is 685. The predicted octanol–water partition coefficient (Wildman–Crippen LogP) is -0.147. The second-order valence-corrected chi connectivity index (χ2v) is 7.97. The van der Waals surface area contributed by atoms with Crippen LogP contribution in [0.5, 0.6) is 0 Å². The van der Waals surface area contributed by atoms with Crippen LogP contribution in [0.25, 0.3) is 0 Å². The Morgan fingerprint density at radius 1 is 1.22 bits per heavy atom. The number of imide groups is 1. The van der Waals surface area contributed by atoms with Crippen LogP contribution in [-0.2, 0) is 15.1 Å². The number of nitrogens with zero attached hydrogens (tertiary/aromatic N) is 1. The van der Waals surface area contributed by atoms with Crippen molar-refractivity contribution in [3.05, 3.63) is 35.4 Å². The fourth-order valence-electron chi connectivity index (χ4n) is 3.73. The molecule has 7 heteroatoms. The monoisotopic (exact) mass is 376 g/mol. The predicted molar refractivity (Wildman–Crippen MR) is 101 cm³/mol. The number of β-amino-alcohol motifs (C(OH)–C–C–N with tert-alkyl or cyclic N) is 1. The number of aliphatic hydroxyl groups is 1. The number of carbonyl (C=O) groups is 2. The Balaban J connectivity index is 1.68. The van der Waals surface area contributed by atoms with Gasteiger partial charge in [-0.3, -0.25) is 9.69 Å². The van der Waals surface area contributed by atoms with E-state index < -0.39 is 17.7 Å². The van der Waals surface area contributed by atoms with Crippen molar-refractivity contribution in [2.24, 2.45) is 0 Å². The highest BCUT2D eigenvalue weighted by molar-refractivity contribution is 6.07. The van der Waals surface area contributed by atoms with Crippen molar-refractivity contribution in [1.29, 1.82) is 0 Å². The Labute approximate surface area is 160 Å². The summed E-state index contributed by atoms with van der Waals surface area (Å²) < 4.78 is 5.32. The summed E-state index contributed by atoms with van der Waals surface area (Å²) >= 11 is 0. The molecule has 3 rings (SSSR count). The maximum absolute atomic E-state index is 13.0. The van der Waals surface area contributed by atoms with Crippen LogP contribution in [-0.4, -0.2) is 67.4 Å². The second-order valence-electron chi connectivity index (χ2n) is 7.97. The lowest BCUT2D eigenvalue weighted by molar-refractivity contribution is -0.910. The summed E-state index contributed by atoms with van der Waals surface area (Å²) in [5.74, 6) is 0.0795. The zero-order valence-electron chi connectivity index (χ0n) is 16.3. The second kappa shape index (κ2) is 7.96. The number of aliphatic hydroxyl groups excluding tert-OH is 1. The van der Waals surface area contributed by atoms with Gasteiger partial charge in [0.25, 0.3) is 5.91 Å². The van der Waals surface area contributed by atoms with Gasteiger partial charge in [-0.25, -0.2) is 4.79 Å². The average molecular weight is 376 g/mol. The van der Waals surface area contributed by atoms with Gasteiger partial charge in [-0.1, -0.05) is 38.1 Å². The van der Waals surface area contributed by atoms with Gasteiger partial charge in [-0.15, -0.1) is 0 Å². The minimum atomic E-state index is -1.10. The Morgan fingerprint density at radius 3 is 2.44 bits per heavy atom. The lowest BCUT2D eigenvalue weighted by Crippen LogP contribution is -3.15. The minimum absolute atomic E-state index is 0.00862. The van der Waals surface area contributed by atoms with E-state index in [1.54, 1.807) is 6.92 Å². The van der Waals surface area contributed by atoms with Crippen LogP contribution in [0, 0.1) is 0 Å². The fraction of sp³-hybridized carbons (Fsp3) is 0.600. The largest absolute Gasteiger partial charge is 0.385 e. The molecule has 2 atom stereocenters. The topological polar surface area (TPSA) is 83.3 Å². The maximum Gasteiger partial charge on any atom is 0.325 e. The van der Waals surface area contributed by atoms with Gasteiger partial charge >= 0.3 is 6.03 Å². The molecule has 148 valence electrons. The number of amides is 3. The van der Waals surface area contributed by atoms with E-state index in [1.165, 1.54) is 10.5 Å². The van der Waals surface area contributed by atoms with Gasteiger partial charge in [0.05, 0.1) is 19.8 Å². The van der Waals surface area contributed by atoms with Crippen LogP contribution in [0.4, 0.5) is 4.79 Å². The van der Waals surface area contributed by atoms with E-state index >= 15 is 0 Å². The summed E-state index contributed by atoms with van der Waals surface area (Å²) in [6, 6.07) is 7.32. The molecule has 0 saturated carbocycles. The third-order valence-corrected chi connectivity index (χ3v) is 5.55. The van der Waals surface area contributed by atoms with Crippen LogP contribution < -0.4 is 10.2 Å².